The van der Waals surface area contributed by atoms with E-state index in [2.05, 4.69) is 4.74 Å². The molecule has 0 saturated heterocycles. The van der Waals surface area contributed by atoms with Crippen LogP contribution in [0, 0.1) is 16.3 Å². The third-order valence-corrected chi connectivity index (χ3v) is 5.88. The third kappa shape index (κ3) is 3.38. The van der Waals surface area contributed by atoms with Crippen molar-refractivity contribution in [2.45, 2.75) is 25.6 Å². The fraction of sp³-hybridized carbons (Fsp3) is 0.333. The molecule has 150 valence electrons. The molecule has 1 aliphatic heterocycles. The predicted octanol–water partition coefficient (Wildman–Crippen LogP) is 3.62. The van der Waals surface area contributed by atoms with E-state index in [1.807, 2.05) is 0 Å². The Morgan fingerprint density at radius 2 is 2.04 bits per heavy atom. The normalized spacial score (nSPS) is 15.9. The Kier molecular flexibility index (Phi) is 5.43. The second-order valence-electron chi connectivity index (χ2n) is 6.19. The number of esters is 1. The molecular formula is C18H14F4INO4. The Labute approximate surface area is 170 Å². The number of benzene rings is 1. The van der Waals surface area contributed by atoms with E-state index in [0.717, 1.165) is 29.9 Å². The SMILES string of the molecule is COC(=O)C1COc2c(Cc3c(F)cccc3C(F)(F)F)c(C)c(I)c(=O)n21. The molecule has 0 amide bonds. The number of hydrogen-bond acceptors (Lipinski definition) is 4. The topological polar surface area (TPSA) is 57.5 Å². The summed E-state index contributed by atoms with van der Waals surface area (Å²) in [5, 5.41) is 0. The number of hydrogen-bond donors (Lipinski definition) is 0. The van der Waals surface area contributed by atoms with Crippen LogP contribution < -0.4 is 10.3 Å². The quantitative estimate of drug-likeness (QED) is 0.359. The lowest BCUT2D eigenvalue weighted by atomic mass is 9.96. The van der Waals surface area contributed by atoms with Crippen LogP contribution >= 0.6 is 22.6 Å². The van der Waals surface area contributed by atoms with Gasteiger partial charge in [0.25, 0.3) is 5.56 Å². The van der Waals surface area contributed by atoms with E-state index in [4.69, 9.17) is 4.74 Å². The fourth-order valence-corrected chi connectivity index (χ4v) is 3.75. The Morgan fingerprint density at radius 1 is 1.36 bits per heavy atom. The summed E-state index contributed by atoms with van der Waals surface area (Å²) in [7, 11) is 1.15. The molecule has 0 radical (unpaired) electrons. The van der Waals surface area contributed by atoms with Crippen molar-refractivity contribution < 1.29 is 31.8 Å². The lowest BCUT2D eigenvalue weighted by Crippen LogP contribution is -2.31. The van der Waals surface area contributed by atoms with Gasteiger partial charge in [0.1, 0.15) is 12.4 Å². The highest BCUT2D eigenvalue weighted by Crippen LogP contribution is 2.38. The van der Waals surface area contributed by atoms with Crippen molar-refractivity contribution in [3.8, 4) is 5.88 Å². The van der Waals surface area contributed by atoms with Crippen LogP contribution in [-0.2, 0) is 22.1 Å². The second-order valence-corrected chi connectivity index (χ2v) is 7.27. The average Bonchev–Trinajstić information content (AvgIpc) is 3.07. The van der Waals surface area contributed by atoms with Gasteiger partial charge < -0.3 is 9.47 Å². The summed E-state index contributed by atoms with van der Waals surface area (Å²) in [6.45, 7) is 1.35. The smallest absolute Gasteiger partial charge is 0.416 e. The zero-order chi connectivity index (χ0) is 20.8. The van der Waals surface area contributed by atoms with Gasteiger partial charge in [0.15, 0.2) is 6.04 Å². The number of methoxy groups -OCH3 is 1. The molecule has 0 saturated carbocycles. The first-order valence-corrected chi connectivity index (χ1v) is 9.14. The van der Waals surface area contributed by atoms with Crippen molar-refractivity contribution in [1.82, 2.24) is 4.57 Å². The predicted molar refractivity (Wildman–Crippen MR) is 98.9 cm³/mol. The molecule has 0 aliphatic carbocycles. The molecule has 1 aromatic carbocycles. The summed E-state index contributed by atoms with van der Waals surface area (Å²) >= 11 is 1.75. The number of pyridine rings is 1. The van der Waals surface area contributed by atoms with Gasteiger partial charge in [0.05, 0.1) is 16.2 Å². The summed E-state index contributed by atoms with van der Waals surface area (Å²) in [4.78, 5) is 24.6. The van der Waals surface area contributed by atoms with Gasteiger partial charge in [0.2, 0.25) is 5.88 Å². The molecule has 0 bridgehead atoms. The van der Waals surface area contributed by atoms with Crippen molar-refractivity contribution in [2.75, 3.05) is 13.7 Å². The number of aromatic nitrogens is 1. The van der Waals surface area contributed by atoms with Gasteiger partial charge in [0, 0.05) is 17.5 Å². The van der Waals surface area contributed by atoms with Crippen molar-refractivity contribution in [3.63, 3.8) is 0 Å². The maximum absolute atomic E-state index is 14.3. The van der Waals surface area contributed by atoms with Crippen molar-refractivity contribution >= 4 is 28.6 Å². The fourth-order valence-electron chi connectivity index (χ4n) is 3.17. The molecule has 5 nitrogen and oxygen atoms in total. The lowest BCUT2D eigenvalue weighted by molar-refractivity contribution is -0.144. The standard InChI is InChI=1S/C18H14F4INO4/c1-8-9(6-10-11(18(20,21)22)4-3-5-12(10)19)16-24(15(25)14(8)23)13(7-28-16)17(26)27-2/h3-5,13H,6-7H2,1-2H3. The van der Waals surface area contributed by atoms with Crippen molar-refractivity contribution in [2.24, 2.45) is 0 Å². The van der Waals surface area contributed by atoms with Crippen LogP contribution in [-0.4, -0.2) is 24.3 Å². The molecule has 1 unspecified atom stereocenters. The van der Waals surface area contributed by atoms with Gasteiger partial charge in [-0.2, -0.15) is 13.2 Å². The molecule has 1 aliphatic rings. The maximum atomic E-state index is 14.3. The Balaban J connectivity index is 2.22. The van der Waals surface area contributed by atoms with Gasteiger partial charge in [-0.05, 0) is 47.2 Å². The Hall–Kier alpha value is -2.11. The van der Waals surface area contributed by atoms with Crippen LogP contribution in [0.1, 0.15) is 28.3 Å². The highest BCUT2D eigenvalue weighted by molar-refractivity contribution is 14.1. The van der Waals surface area contributed by atoms with Crippen LogP contribution in [0.2, 0.25) is 0 Å². The van der Waals surface area contributed by atoms with Crippen LogP contribution in [0.5, 0.6) is 5.88 Å². The van der Waals surface area contributed by atoms with Crippen LogP contribution in [0.4, 0.5) is 17.6 Å². The first kappa shape index (κ1) is 20.6. The van der Waals surface area contributed by atoms with E-state index < -0.39 is 47.1 Å². The molecule has 3 rings (SSSR count). The summed E-state index contributed by atoms with van der Waals surface area (Å²) in [5.41, 5.74) is -1.59. The molecule has 2 heterocycles. The van der Waals surface area contributed by atoms with Crippen LogP contribution in [0.3, 0.4) is 0 Å². The number of ether oxygens (including phenoxy) is 2. The summed E-state index contributed by atoms with van der Waals surface area (Å²) in [6, 6.07) is 1.68. The summed E-state index contributed by atoms with van der Waals surface area (Å²) in [6.07, 6.45) is -5.20. The maximum Gasteiger partial charge on any atom is 0.416 e. The van der Waals surface area contributed by atoms with Crippen LogP contribution in [0.25, 0.3) is 0 Å². The molecule has 0 fully saturated rings. The van der Waals surface area contributed by atoms with Gasteiger partial charge in [-0.15, -0.1) is 0 Å². The zero-order valence-electron chi connectivity index (χ0n) is 14.7. The highest BCUT2D eigenvalue weighted by Gasteiger charge is 2.38. The van der Waals surface area contributed by atoms with E-state index in [9.17, 15) is 27.2 Å². The van der Waals surface area contributed by atoms with Crippen molar-refractivity contribution in [3.05, 3.63) is 60.2 Å². The Morgan fingerprint density at radius 3 is 2.64 bits per heavy atom. The van der Waals surface area contributed by atoms with E-state index in [1.165, 1.54) is 0 Å². The molecule has 2 aromatic rings. The molecular weight excluding hydrogens is 497 g/mol. The van der Waals surface area contributed by atoms with Gasteiger partial charge >= 0.3 is 12.1 Å². The number of fused-ring (bicyclic) bond motifs is 1. The number of rotatable bonds is 3. The molecule has 10 heteroatoms. The number of nitrogens with zero attached hydrogens (tertiary/aromatic N) is 1. The molecule has 1 aromatic heterocycles. The largest absolute Gasteiger partial charge is 0.476 e. The van der Waals surface area contributed by atoms with Gasteiger partial charge in [-0.1, -0.05) is 6.07 Å². The first-order valence-electron chi connectivity index (χ1n) is 8.06. The Bertz CT molecular complexity index is 1020. The second kappa shape index (κ2) is 7.37. The summed E-state index contributed by atoms with van der Waals surface area (Å²) in [5.74, 6) is -1.78. The minimum absolute atomic E-state index is 0.0466. The minimum atomic E-state index is -4.75. The molecule has 28 heavy (non-hydrogen) atoms. The number of carbonyl (C=O) groups is 1. The number of alkyl halides is 3. The van der Waals surface area contributed by atoms with Gasteiger partial charge in [-0.3, -0.25) is 9.36 Å². The zero-order valence-corrected chi connectivity index (χ0v) is 16.9. The molecule has 0 spiro atoms. The minimum Gasteiger partial charge on any atom is -0.476 e. The first-order chi connectivity index (χ1) is 13.1. The van der Waals surface area contributed by atoms with E-state index >= 15 is 0 Å². The molecule has 0 N–H and O–H groups in total. The number of halogens is 5. The molecule has 1 atom stereocenters. The summed E-state index contributed by atoms with van der Waals surface area (Å²) < 4.78 is 65.8. The number of carbonyl (C=O) groups excluding carboxylic acids is 1. The van der Waals surface area contributed by atoms with Crippen LogP contribution in [0.15, 0.2) is 23.0 Å². The van der Waals surface area contributed by atoms with Crippen molar-refractivity contribution in [1.29, 1.82) is 0 Å². The third-order valence-electron chi connectivity index (χ3n) is 4.61. The van der Waals surface area contributed by atoms with Gasteiger partial charge in [-0.25, -0.2) is 9.18 Å². The average molecular weight is 511 g/mol. The monoisotopic (exact) mass is 511 g/mol. The van der Waals surface area contributed by atoms with E-state index in [1.54, 1.807) is 29.5 Å². The van der Waals surface area contributed by atoms with E-state index in [0.29, 0.717) is 5.56 Å². The highest BCUT2D eigenvalue weighted by atomic mass is 127. The lowest BCUT2D eigenvalue weighted by Gasteiger charge is -2.18. The van der Waals surface area contributed by atoms with E-state index in [-0.39, 0.29) is 21.6 Å².